The number of carbonyl (C=O) groups excluding carboxylic acids is 1. The molecule has 3 aliphatic rings. The topological polar surface area (TPSA) is 81.5 Å². The highest BCUT2D eigenvalue weighted by molar-refractivity contribution is 7.99. The largest absolute Gasteiger partial charge is 0.490 e. The number of carbonyl (C=O) groups is 1. The highest BCUT2D eigenvalue weighted by atomic mass is 32.2. The van der Waals surface area contributed by atoms with Crippen LogP contribution in [0.1, 0.15) is 45.1 Å². The van der Waals surface area contributed by atoms with Crippen LogP contribution in [-0.4, -0.2) is 52.7 Å². The van der Waals surface area contributed by atoms with Crippen molar-refractivity contribution in [2.75, 3.05) is 42.3 Å². The Morgan fingerprint density at radius 1 is 1.13 bits per heavy atom. The van der Waals surface area contributed by atoms with E-state index in [0.717, 1.165) is 55.1 Å². The van der Waals surface area contributed by atoms with Gasteiger partial charge in [0.15, 0.2) is 16.7 Å². The lowest BCUT2D eigenvalue weighted by molar-refractivity contribution is -0.113. The van der Waals surface area contributed by atoms with E-state index < -0.39 is 0 Å². The third-order valence-corrected chi connectivity index (χ3v) is 6.93. The molecule has 0 radical (unpaired) electrons. The molecule has 1 amide bonds. The Morgan fingerprint density at radius 2 is 1.90 bits per heavy atom. The first-order valence-electron chi connectivity index (χ1n) is 11.2. The van der Waals surface area contributed by atoms with Gasteiger partial charge in [0, 0.05) is 37.3 Å². The van der Waals surface area contributed by atoms with Crippen LogP contribution in [-0.2, 0) is 4.79 Å². The highest BCUT2D eigenvalue weighted by Gasteiger charge is 2.32. The van der Waals surface area contributed by atoms with Crippen molar-refractivity contribution in [1.82, 2.24) is 14.8 Å². The molecule has 0 unspecified atom stereocenters. The second kappa shape index (κ2) is 8.98. The summed E-state index contributed by atoms with van der Waals surface area (Å²) in [6.45, 7) is 5.64. The number of anilines is 2. The Balaban J connectivity index is 1.22. The fraction of sp³-hybridized carbons (Fsp3) is 0.591. The third-order valence-electron chi connectivity index (χ3n) is 5.99. The number of ether oxygens (including phenoxy) is 2. The quantitative estimate of drug-likeness (QED) is 0.681. The molecular weight excluding hydrogens is 414 g/mol. The summed E-state index contributed by atoms with van der Waals surface area (Å²) in [6.07, 6.45) is 5.56. The number of rotatable bonds is 6. The monoisotopic (exact) mass is 443 g/mol. The molecule has 8 nitrogen and oxygen atoms in total. The lowest BCUT2D eigenvalue weighted by Gasteiger charge is -2.31. The summed E-state index contributed by atoms with van der Waals surface area (Å²) in [5, 5.41) is 12.7. The molecule has 1 aliphatic carbocycles. The van der Waals surface area contributed by atoms with Gasteiger partial charge < -0.3 is 19.7 Å². The molecule has 2 aromatic rings. The smallest absolute Gasteiger partial charge is 0.234 e. The minimum Gasteiger partial charge on any atom is -0.490 e. The summed E-state index contributed by atoms with van der Waals surface area (Å²) in [6, 6.07) is 5.99. The Morgan fingerprint density at radius 3 is 2.68 bits per heavy atom. The Kier molecular flexibility index (Phi) is 5.93. The zero-order valence-corrected chi connectivity index (χ0v) is 18.7. The van der Waals surface area contributed by atoms with Gasteiger partial charge in [-0.3, -0.25) is 9.36 Å². The number of aromatic nitrogens is 3. The van der Waals surface area contributed by atoms with Crippen molar-refractivity contribution in [3.05, 3.63) is 18.2 Å². The van der Waals surface area contributed by atoms with Crippen LogP contribution in [0.4, 0.5) is 11.6 Å². The van der Waals surface area contributed by atoms with Gasteiger partial charge in [-0.15, -0.1) is 10.2 Å². The van der Waals surface area contributed by atoms with Crippen molar-refractivity contribution in [3.8, 4) is 11.5 Å². The molecule has 166 valence electrons. The molecule has 1 saturated carbocycles. The van der Waals surface area contributed by atoms with E-state index >= 15 is 0 Å². The number of thioether (sulfide) groups is 1. The molecule has 2 fully saturated rings. The van der Waals surface area contributed by atoms with Crippen molar-refractivity contribution in [3.63, 3.8) is 0 Å². The minimum atomic E-state index is -0.0711. The average Bonchev–Trinajstić information content (AvgIpc) is 3.56. The van der Waals surface area contributed by atoms with Crippen LogP contribution < -0.4 is 19.7 Å². The van der Waals surface area contributed by atoms with Crippen molar-refractivity contribution in [1.29, 1.82) is 0 Å². The summed E-state index contributed by atoms with van der Waals surface area (Å²) in [7, 11) is 0. The predicted molar refractivity (Wildman–Crippen MR) is 120 cm³/mol. The second-order valence-corrected chi connectivity index (χ2v) is 9.54. The van der Waals surface area contributed by atoms with Gasteiger partial charge >= 0.3 is 0 Å². The van der Waals surface area contributed by atoms with E-state index in [1.54, 1.807) is 0 Å². The maximum Gasteiger partial charge on any atom is 0.234 e. The van der Waals surface area contributed by atoms with Crippen molar-refractivity contribution in [2.24, 2.45) is 5.92 Å². The van der Waals surface area contributed by atoms with E-state index in [-0.39, 0.29) is 11.7 Å². The number of nitrogens with zero attached hydrogens (tertiary/aromatic N) is 4. The number of hydrogen-bond acceptors (Lipinski definition) is 7. The molecule has 9 heteroatoms. The fourth-order valence-electron chi connectivity index (χ4n) is 4.01. The van der Waals surface area contributed by atoms with E-state index in [0.29, 0.717) is 30.7 Å². The Bertz CT molecular complexity index is 937. The number of benzene rings is 1. The maximum atomic E-state index is 12.6. The first-order valence-corrected chi connectivity index (χ1v) is 12.2. The van der Waals surface area contributed by atoms with Crippen LogP contribution >= 0.6 is 11.8 Å². The molecule has 2 aliphatic heterocycles. The molecule has 1 N–H and O–H groups in total. The number of piperidine rings is 1. The van der Waals surface area contributed by atoms with Gasteiger partial charge in [0.2, 0.25) is 11.9 Å². The predicted octanol–water partition coefficient (Wildman–Crippen LogP) is 3.74. The maximum absolute atomic E-state index is 12.6. The molecule has 0 spiro atoms. The van der Waals surface area contributed by atoms with E-state index in [2.05, 4.69) is 31.9 Å². The normalized spacial score (nSPS) is 19.2. The van der Waals surface area contributed by atoms with E-state index in [9.17, 15) is 4.79 Å². The minimum absolute atomic E-state index is 0.0711. The van der Waals surface area contributed by atoms with Crippen molar-refractivity contribution < 1.29 is 14.3 Å². The first-order chi connectivity index (χ1) is 15.2. The van der Waals surface area contributed by atoms with Gasteiger partial charge in [-0.25, -0.2) is 0 Å². The van der Waals surface area contributed by atoms with Gasteiger partial charge in [0.25, 0.3) is 0 Å². The fourth-order valence-corrected chi connectivity index (χ4v) is 4.81. The number of hydrogen-bond donors (Lipinski definition) is 1. The van der Waals surface area contributed by atoms with Crippen LogP contribution in [0.25, 0.3) is 0 Å². The van der Waals surface area contributed by atoms with Crippen LogP contribution in [0.15, 0.2) is 23.4 Å². The highest BCUT2D eigenvalue weighted by Crippen LogP contribution is 2.41. The molecule has 0 bridgehead atoms. The number of amides is 1. The molecule has 1 aromatic heterocycles. The Labute approximate surface area is 186 Å². The molecule has 31 heavy (non-hydrogen) atoms. The second-order valence-electron chi connectivity index (χ2n) is 8.60. The Hall–Kier alpha value is -2.42. The van der Waals surface area contributed by atoms with Gasteiger partial charge in [-0.05, 0) is 43.7 Å². The average molecular weight is 444 g/mol. The number of fused-ring (bicyclic) bond motifs is 1. The van der Waals surface area contributed by atoms with Gasteiger partial charge in [-0.2, -0.15) is 0 Å². The van der Waals surface area contributed by atoms with Gasteiger partial charge in [0.1, 0.15) is 0 Å². The van der Waals surface area contributed by atoms with E-state index in [1.807, 2.05) is 18.2 Å². The number of nitrogens with one attached hydrogen (secondary N) is 1. The molecule has 5 rings (SSSR count). The lowest BCUT2D eigenvalue weighted by atomic mass is 10.00. The molecule has 1 aromatic carbocycles. The summed E-state index contributed by atoms with van der Waals surface area (Å²) in [5.74, 6) is 3.37. The van der Waals surface area contributed by atoms with Gasteiger partial charge in [0.05, 0.1) is 19.0 Å². The summed E-state index contributed by atoms with van der Waals surface area (Å²) < 4.78 is 13.6. The molecule has 0 atom stereocenters. The van der Waals surface area contributed by atoms with Crippen LogP contribution in [0.2, 0.25) is 0 Å². The zero-order chi connectivity index (χ0) is 21.2. The summed E-state index contributed by atoms with van der Waals surface area (Å²) in [5.41, 5.74) is 0.710. The standard InChI is InChI=1S/C22H29N5O3S/c1-15-7-9-26(10-8-15)21-24-25-22(27(21)17-4-5-17)31-14-20(28)23-16-3-6-18-19(13-16)30-12-2-11-29-18/h3,6,13,15,17H,2,4-5,7-12,14H2,1H3,(H,23,28). The van der Waals surface area contributed by atoms with Crippen molar-refractivity contribution in [2.45, 2.75) is 50.2 Å². The lowest BCUT2D eigenvalue weighted by Crippen LogP contribution is -2.34. The zero-order valence-electron chi connectivity index (χ0n) is 17.9. The van der Waals surface area contributed by atoms with E-state index in [1.165, 1.54) is 24.6 Å². The molecule has 3 heterocycles. The van der Waals surface area contributed by atoms with Crippen LogP contribution in [0.3, 0.4) is 0 Å². The molecular formula is C22H29N5O3S. The molecule has 1 saturated heterocycles. The van der Waals surface area contributed by atoms with Crippen molar-refractivity contribution >= 4 is 29.3 Å². The van der Waals surface area contributed by atoms with Crippen LogP contribution in [0, 0.1) is 5.92 Å². The van der Waals surface area contributed by atoms with E-state index in [4.69, 9.17) is 9.47 Å². The summed E-state index contributed by atoms with van der Waals surface area (Å²) in [4.78, 5) is 14.9. The third kappa shape index (κ3) is 4.76. The SMILES string of the molecule is CC1CCN(c2nnc(SCC(=O)Nc3ccc4c(c3)OCCCO4)n2C2CC2)CC1. The van der Waals surface area contributed by atoms with Crippen LogP contribution in [0.5, 0.6) is 11.5 Å². The summed E-state index contributed by atoms with van der Waals surface area (Å²) >= 11 is 1.45. The van der Waals surface area contributed by atoms with Gasteiger partial charge in [-0.1, -0.05) is 18.7 Å². The first kappa shape index (κ1) is 20.5.